The van der Waals surface area contributed by atoms with Gasteiger partial charge in [0.05, 0.1) is 31.0 Å². The van der Waals surface area contributed by atoms with Crippen molar-refractivity contribution in [3.8, 4) is 5.75 Å². The highest BCUT2D eigenvalue weighted by molar-refractivity contribution is 7.09. The molecule has 2 heterocycles. The standard InChI is InChI=1S/C25H28FN3O3S/c1-19-6-2-5-9-23(19)32-17-24-27-20(18-33-24)16-29(11-10-28-12-14-31-15-13-28)25(30)21-7-3-4-8-22(21)26/h2-9,18H,10-17H2,1H3. The van der Waals surface area contributed by atoms with Gasteiger partial charge in [0.2, 0.25) is 0 Å². The lowest BCUT2D eigenvalue weighted by molar-refractivity contribution is 0.0319. The van der Waals surface area contributed by atoms with Crippen LogP contribution in [0.5, 0.6) is 5.75 Å². The minimum Gasteiger partial charge on any atom is -0.486 e. The Morgan fingerprint density at radius 3 is 2.73 bits per heavy atom. The second kappa shape index (κ2) is 11.4. The molecule has 0 spiro atoms. The van der Waals surface area contributed by atoms with Crippen molar-refractivity contribution in [1.82, 2.24) is 14.8 Å². The third kappa shape index (κ3) is 6.37. The van der Waals surface area contributed by atoms with Gasteiger partial charge in [-0.3, -0.25) is 9.69 Å². The van der Waals surface area contributed by atoms with E-state index in [0.717, 1.165) is 35.1 Å². The minimum absolute atomic E-state index is 0.0813. The van der Waals surface area contributed by atoms with Gasteiger partial charge in [-0.25, -0.2) is 9.37 Å². The zero-order chi connectivity index (χ0) is 23.0. The van der Waals surface area contributed by atoms with Gasteiger partial charge in [0, 0.05) is 31.6 Å². The van der Waals surface area contributed by atoms with E-state index in [1.807, 2.05) is 36.6 Å². The molecule has 1 aromatic heterocycles. The van der Waals surface area contributed by atoms with Gasteiger partial charge in [-0.1, -0.05) is 30.3 Å². The first-order valence-electron chi connectivity index (χ1n) is 11.1. The molecule has 0 aliphatic carbocycles. The molecule has 1 fully saturated rings. The summed E-state index contributed by atoms with van der Waals surface area (Å²) in [6.45, 7) is 6.93. The number of ether oxygens (including phenoxy) is 2. The smallest absolute Gasteiger partial charge is 0.257 e. The Labute approximate surface area is 197 Å². The fourth-order valence-electron chi connectivity index (χ4n) is 3.69. The van der Waals surface area contributed by atoms with Crippen LogP contribution < -0.4 is 4.74 Å². The first kappa shape index (κ1) is 23.4. The maximum atomic E-state index is 14.3. The number of hydrogen-bond acceptors (Lipinski definition) is 6. The van der Waals surface area contributed by atoms with Crippen LogP contribution in [0.2, 0.25) is 0 Å². The van der Waals surface area contributed by atoms with Gasteiger partial charge in [-0.05, 0) is 30.7 Å². The highest BCUT2D eigenvalue weighted by Gasteiger charge is 2.22. The van der Waals surface area contributed by atoms with Crippen LogP contribution in [0.1, 0.15) is 26.6 Å². The number of carbonyl (C=O) groups is 1. The van der Waals surface area contributed by atoms with Crippen LogP contribution in [0.25, 0.3) is 0 Å². The molecule has 1 saturated heterocycles. The predicted molar refractivity (Wildman–Crippen MR) is 126 cm³/mol. The van der Waals surface area contributed by atoms with Crippen LogP contribution in [-0.2, 0) is 17.9 Å². The summed E-state index contributed by atoms with van der Waals surface area (Å²) in [6, 6.07) is 14.0. The molecule has 1 aliphatic heterocycles. The van der Waals surface area contributed by atoms with Gasteiger partial charge >= 0.3 is 0 Å². The van der Waals surface area contributed by atoms with Gasteiger partial charge in [0.15, 0.2) is 0 Å². The Balaban J connectivity index is 1.43. The lowest BCUT2D eigenvalue weighted by atomic mass is 10.1. The third-order valence-electron chi connectivity index (χ3n) is 5.58. The number of halogens is 1. The van der Waals surface area contributed by atoms with Crippen molar-refractivity contribution >= 4 is 17.2 Å². The van der Waals surface area contributed by atoms with Crippen molar-refractivity contribution in [2.24, 2.45) is 0 Å². The van der Waals surface area contributed by atoms with Crippen molar-refractivity contribution < 1.29 is 18.7 Å². The number of hydrogen-bond donors (Lipinski definition) is 0. The van der Waals surface area contributed by atoms with Gasteiger partial charge in [-0.2, -0.15) is 0 Å². The average molecular weight is 470 g/mol. The molecule has 174 valence electrons. The molecule has 0 saturated carbocycles. The fourth-order valence-corrected chi connectivity index (χ4v) is 4.38. The summed E-state index contributed by atoms with van der Waals surface area (Å²) in [4.78, 5) is 21.8. The Bertz CT molecular complexity index is 1070. The molecule has 3 aromatic rings. The summed E-state index contributed by atoms with van der Waals surface area (Å²) >= 11 is 1.50. The number of carbonyl (C=O) groups excluding carboxylic acids is 1. The van der Waals surface area contributed by atoms with Crippen molar-refractivity contribution in [2.45, 2.75) is 20.1 Å². The highest BCUT2D eigenvalue weighted by Crippen LogP contribution is 2.20. The molecule has 0 radical (unpaired) electrons. The molecule has 1 amide bonds. The second-order valence-electron chi connectivity index (χ2n) is 7.95. The van der Waals surface area contributed by atoms with Crippen molar-refractivity contribution in [3.63, 3.8) is 0 Å². The van der Waals surface area contributed by atoms with Gasteiger partial charge < -0.3 is 14.4 Å². The molecule has 0 unspecified atom stereocenters. The maximum Gasteiger partial charge on any atom is 0.257 e. The normalized spacial score (nSPS) is 14.2. The molecule has 0 bridgehead atoms. The number of morpholine rings is 1. The summed E-state index contributed by atoms with van der Waals surface area (Å²) in [5.41, 5.74) is 1.92. The number of aromatic nitrogens is 1. The molecular weight excluding hydrogens is 441 g/mol. The summed E-state index contributed by atoms with van der Waals surface area (Å²) in [7, 11) is 0. The van der Waals surface area contributed by atoms with Crippen molar-refractivity contribution in [3.05, 3.63) is 81.6 Å². The van der Waals surface area contributed by atoms with Crippen molar-refractivity contribution in [1.29, 1.82) is 0 Å². The first-order valence-corrected chi connectivity index (χ1v) is 11.9. The van der Waals surface area contributed by atoms with E-state index in [4.69, 9.17) is 9.47 Å². The van der Waals surface area contributed by atoms with E-state index in [9.17, 15) is 9.18 Å². The van der Waals surface area contributed by atoms with Gasteiger partial charge in [0.25, 0.3) is 5.91 Å². The number of aryl methyl sites for hydroxylation is 1. The Hall–Kier alpha value is -2.81. The number of rotatable bonds is 9. The van der Waals surface area contributed by atoms with E-state index in [1.54, 1.807) is 17.0 Å². The molecular formula is C25H28FN3O3S. The Kier molecular flexibility index (Phi) is 8.04. The van der Waals surface area contributed by atoms with E-state index < -0.39 is 5.82 Å². The van der Waals surface area contributed by atoms with E-state index in [-0.39, 0.29) is 11.5 Å². The summed E-state index contributed by atoms with van der Waals surface area (Å²) in [5.74, 6) is -0.00680. The number of nitrogens with zero attached hydrogens (tertiary/aromatic N) is 3. The number of para-hydroxylation sites is 1. The summed E-state index contributed by atoms with van der Waals surface area (Å²) < 4.78 is 25.6. The van der Waals surface area contributed by atoms with Crippen LogP contribution >= 0.6 is 11.3 Å². The van der Waals surface area contributed by atoms with E-state index >= 15 is 0 Å². The molecule has 0 atom stereocenters. The lowest BCUT2D eigenvalue weighted by Crippen LogP contribution is -2.43. The van der Waals surface area contributed by atoms with Crippen molar-refractivity contribution in [2.75, 3.05) is 39.4 Å². The first-order chi connectivity index (χ1) is 16.1. The predicted octanol–water partition coefficient (Wildman–Crippen LogP) is 4.14. The van der Waals surface area contributed by atoms with Gasteiger partial charge in [-0.15, -0.1) is 11.3 Å². The van der Waals surface area contributed by atoms with Crippen LogP contribution in [-0.4, -0.2) is 60.1 Å². The second-order valence-corrected chi connectivity index (χ2v) is 8.89. The average Bonchev–Trinajstić information content (AvgIpc) is 3.29. The number of thiazole rings is 1. The molecule has 8 heteroatoms. The molecule has 6 nitrogen and oxygen atoms in total. The number of benzene rings is 2. The molecule has 0 N–H and O–H groups in total. The summed E-state index contributed by atoms with van der Waals surface area (Å²) in [6.07, 6.45) is 0. The monoisotopic (exact) mass is 469 g/mol. The quantitative estimate of drug-likeness (QED) is 0.471. The van der Waals surface area contributed by atoms with E-state index in [2.05, 4.69) is 9.88 Å². The fraction of sp³-hybridized carbons (Fsp3) is 0.360. The Morgan fingerprint density at radius 1 is 1.18 bits per heavy atom. The van der Waals surface area contributed by atoms with E-state index in [1.165, 1.54) is 23.5 Å². The van der Waals surface area contributed by atoms with Crippen LogP contribution in [0, 0.1) is 12.7 Å². The molecule has 1 aliphatic rings. The number of amides is 1. The summed E-state index contributed by atoms with van der Waals surface area (Å²) in [5, 5.41) is 2.77. The molecule has 2 aromatic carbocycles. The largest absolute Gasteiger partial charge is 0.486 e. The van der Waals surface area contributed by atoms with Crippen LogP contribution in [0.4, 0.5) is 4.39 Å². The van der Waals surface area contributed by atoms with Crippen LogP contribution in [0.15, 0.2) is 53.9 Å². The lowest BCUT2D eigenvalue weighted by Gasteiger charge is -2.30. The van der Waals surface area contributed by atoms with E-state index in [0.29, 0.717) is 39.5 Å². The SMILES string of the molecule is Cc1ccccc1OCc1nc(CN(CCN2CCOCC2)C(=O)c2ccccc2F)cs1. The van der Waals surface area contributed by atoms with Crippen LogP contribution in [0.3, 0.4) is 0 Å². The minimum atomic E-state index is -0.510. The molecule has 4 rings (SSSR count). The Morgan fingerprint density at radius 2 is 1.94 bits per heavy atom. The zero-order valence-electron chi connectivity index (χ0n) is 18.7. The third-order valence-corrected chi connectivity index (χ3v) is 6.45. The highest BCUT2D eigenvalue weighted by atomic mass is 32.1. The maximum absolute atomic E-state index is 14.3. The topological polar surface area (TPSA) is 54.9 Å². The molecule has 33 heavy (non-hydrogen) atoms. The van der Waals surface area contributed by atoms with Gasteiger partial charge in [0.1, 0.15) is 23.2 Å². The zero-order valence-corrected chi connectivity index (χ0v) is 19.5.